The number of ether oxygens (including phenoxy) is 1. The quantitative estimate of drug-likeness (QED) is 0.795. The number of nitrogens with zero attached hydrogens (tertiary/aromatic N) is 2. The van der Waals surface area contributed by atoms with Gasteiger partial charge in [0.05, 0.1) is 12.1 Å². The van der Waals surface area contributed by atoms with Gasteiger partial charge in [-0.2, -0.15) is 0 Å². The lowest BCUT2D eigenvalue weighted by molar-refractivity contribution is -0.118. The standard InChI is InChI=1S/C14H18ClN3O2/c1-2-20-11-5-3-4-10-14(11)17-13(6-8-15)18(10)9-7-12(16)19/h3-5H,2,6-9H2,1H3,(H2,16,19). The molecule has 2 rings (SSSR count). The van der Waals surface area contributed by atoms with E-state index in [0.29, 0.717) is 25.5 Å². The summed E-state index contributed by atoms with van der Waals surface area (Å²) in [7, 11) is 0. The smallest absolute Gasteiger partial charge is 0.219 e. The van der Waals surface area contributed by atoms with E-state index in [4.69, 9.17) is 22.1 Å². The molecule has 0 aliphatic carbocycles. The van der Waals surface area contributed by atoms with E-state index < -0.39 is 0 Å². The van der Waals surface area contributed by atoms with Crippen molar-refractivity contribution in [2.45, 2.75) is 26.3 Å². The zero-order valence-electron chi connectivity index (χ0n) is 11.4. The average molecular weight is 296 g/mol. The van der Waals surface area contributed by atoms with Crippen molar-refractivity contribution in [3.05, 3.63) is 24.0 Å². The molecule has 0 saturated heterocycles. The van der Waals surface area contributed by atoms with Crippen molar-refractivity contribution in [2.75, 3.05) is 12.5 Å². The van der Waals surface area contributed by atoms with Crippen LogP contribution >= 0.6 is 11.6 Å². The summed E-state index contributed by atoms with van der Waals surface area (Å²) in [6.07, 6.45) is 0.917. The molecule has 1 heterocycles. The lowest BCUT2D eigenvalue weighted by Gasteiger charge is -2.07. The van der Waals surface area contributed by atoms with E-state index in [0.717, 1.165) is 22.6 Å². The summed E-state index contributed by atoms with van der Waals surface area (Å²) in [5, 5.41) is 0. The Hall–Kier alpha value is -1.75. The van der Waals surface area contributed by atoms with Crippen LogP contribution in [0.4, 0.5) is 0 Å². The van der Waals surface area contributed by atoms with E-state index in [9.17, 15) is 4.79 Å². The number of rotatable bonds is 7. The summed E-state index contributed by atoms with van der Waals surface area (Å²) >= 11 is 5.82. The van der Waals surface area contributed by atoms with Gasteiger partial charge in [-0.1, -0.05) is 6.07 Å². The van der Waals surface area contributed by atoms with Gasteiger partial charge in [-0.25, -0.2) is 4.98 Å². The number of aryl methyl sites for hydroxylation is 2. The van der Waals surface area contributed by atoms with E-state index in [1.54, 1.807) is 0 Å². The molecule has 0 aliphatic heterocycles. The number of primary amides is 1. The van der Waals surface area contributed by atoms with E-state index in [-0.39, 0.29) is 12.3 Å². The largest absolute Gasteiger partial charge is 0.492 e. The zero-order chi connectivity index (χ0) is 14.5. The first-order valence-corrected chi connectivity index (χ1v) is 7.16. The van der Waals surface area contributed by atoms with Gasteiger partial charge >= 0.3 is 0 Å². The molecule has 2 N–H and O–H groups in total. The fourth-order valence-electron chi connectivity index (χ4n) is 2.19. The number of para-hydroxylation sites is 1. The third-order valence-corrected chi connectivity index (χ3v) is 3.21. The third kappa shape index (κ3) is 3.04. The van der Waals surface area contributed by atoms with Crippen LogP contribution in [0.2, 0.25) is 0 Å². The van der Waals surface area contributed by atoms with Crippen molar-refractivity contribution < 1.29 is 9.53 Å². The Balaban J connectivity index is 2.48. The van der Waals surface area contributed by atoms with E-state index in [2.05, 4.69) is 4.98 Å². The predicted octanol–water partition coefficient (Wildman–Crippen LogP) is 2.09. The summed E-state index contributed by atoms with van der Waals surface area (Å²) in [5.74, 6) is 1.75. The maximum atomic E-state index is 11.0. The molecule has 0 radical (unpaired) electrons. The Morgan fingerprint density at radius 1 is 1.50 bits per heavy atom. The number of fused-ring (bicyclic) bond motifs is 1. The molecule has 20 heavy (non-hydrogen) atoms. The molecular formula is C14H18ClN3O2. The number of carbonyl (C=O) groups excluding carboxylic acids is 1. The summed E-state index contributed by atoms with van der Waals surface area (Å²) in [4.78, 5) is 15.6. The van der Waals surface area contributed by atoms with Gasteiger partial charge in [-0.3, -0.25) is 4.79 Å². The monoisotopic (exact) mass is 295 g/mol. The maximum Gasteiger partial charge on any atom is 0.219 e. The molecule has 1 amide bonds. The fourth-order valence-corrected chi connectivity index (χ4v) is 2.36. The van der Waals surface area contributed by atoms with Crippen molar-refractivity contribution >= 4 is 28.5 Å². The number of nitrogens with two attached hydrogens (primary N) is 1. The molecule has 0 saturated carbocycles. The first kappa shape index (κ1) is 14.7. The topological polar surface area (TPSA) is 70.1 Å². The predicted molar refractivity (Wildman–Crippen MR) is 79.1 cm³/mol. The second-order valence-electron chi connectivity index (χ2n) is 4.39. The van der Waals surface area contributed by atoms with Gasteiger partial charge in [0.2, 0.25) is 5.91 Å². The highest BCUT2D eigenvalue weighted by molar-refractivity contribution is 6.17. The minimum Gasteiger partial charge on any atom is -0.492 e. The van der Waals surface area contributed by atoms with Gasteiger partial charge in [0.1, 0.15) is 17.1 Å². The van der Waals surface area contributed by atoms with Crippen LogP contribution in [-0.2, 0) is 17.8 Å². The Morgan fingerprint density at radius 3 is 2.95 bits per heavy atom. The molecule has 1 aromatic carbocycles. The number of alkyl halides is 1. The lowest BCUT2D eigenvalue weighted by Crippen LogP contribution is -2.15. The van der Waals surface area contributed by atoms with Gasteiger partial charge in [0.25, 0.3) is 0 Å². The van der Waals surface area contributed by atoms with Gasteiger partial charge in [-0.05, 0) is 19.1 Å². The fraction of sp³-hybridized carbons (Fsp3) is 0.429. The minimum atomic E-state index is -0.329. The van der Waals surface area contributed by atoms with Crippen LogP contribution in [0.5, 0.6) is 5.75 Å². The molecule has 1 aromatic heterocycles. The molecular weight excluding hydrogens is 278 g/mol. The number of amides is 1. The van der Waals surface area contributed by atoms with Crippen molar-refractivity contribution in [3.63, 3.8) is 0 Å². The highest BCUT2D eigenvalue weighted by Crippen LogP contribution is 2.26. The average Bonchev–Trinajstić information content (AvgIpc) is 2.76. The van der Waals surface area contributed by atoms with Crippen LogP contribution in [0.15, 0.2) is 18.2 Å². The molecule has 108 valence electrons. The summed E-state index contributed by atoms with van der Waals surface area (Å²) in [6, 6.07) is 5.77. The number of carbonyl (C=O) groups is 1. The van der Waals surface area contributed by atoms with Gasteiger partial charge in [0, 0.05) is 25.3 Å². The number of benzene rings is 1. The third-order valence-electron chi connectivity index (χ3n) is 3.02. The Kier molecular flexibility index (Phi) is 4.84. The summed E-state index contributed by atoms with van der Waals surface area (Å²) in [6.45, 7) is 3.02. The summed E-state index contributed by atoms with van der Waals surface area (Å²) in [5.41, 5.74) is 6.98. The highest BCUT2D eigenvalue weighted by Gasteiger charge is 2.14. The first-order chi connectivity index (χ1) is 9.67. The van der Waals surface area contributed by atoms with Crippen LogP contribution < -0.4 is 10.5 Å². The van der Waals surface area contributed by atoms with Gasteiger partial charge in [-0.15, -0.1) is 11.6 Å². The highest BCUT2D eigenvalue weighted by atomic mass is 35.5. The second kappa shape index (κ2) is 6.61. The molecule has 0 unspecified atom stereocenters. The molecule has 6 heteroatoms. The molecule has 0 spiro atoms. The molecule has 0 fully saturated rings. The van der Waals surface area contributed by atoms with Crippen molar-refractivity contribution in [2.24, 2.45) is 5.73 Å². The first-order valence-electron chi connectivity index (χ1n) is 6.62. The molecule has 2 aromatic rings. The molecule has 0 aliphatic rings. The number of hydrogen-bond donors (Lipinski definition) is 1. The van der Waals surface area contributed by atoms with Gasteiger partial charge in [0.15, 0.2) is 0 Å². The van der Waals surface area contributed by atoms with Crippen molar-refractivity contribution in [1.29, 1.82) is 0 Å². The lowest BCUT2D eigenvalue weighted by atomic mass is 10.3. The number of halogens is 1. The number of imidazole rings is 1. The summed E-state index contributed by atoms with van der Waals surface area (Å²) < 4.78 is 7.58. The van der Waals surface area contributed by atoms with Gasteiger partial charge < -0.3 is 15.0 Å². The normalized spacial score (nSPS) is 10.9. The van der Waals surface area contributed by atoms with Crippen LogP contribution in [0, 0.1) is 0 Å². The van der Waals surface area contributed by atoms with Crippen LogP contribution in [-0.4, -0.2) is 27.9 Å². The van der Waals surface area contributed by atoms with Crippen LogP contribution in [0.1, 0.15) is 19.2 Å². The van der Waals surface area contributed by atoms with Crippen LogP contribution in [0.3, 0.4) is 0 Å². The van der Waals surface area contributed by atoms with E-state index >= 15 is 0 Å². The van der Waals surface area contributed by atoms with E-state index in [1.165, 1.54) is 0 Å². The number of aromatic nitrogens is 2. The molecule has 0 bridgehead atoms. The second-order valence-corrected chi connectivity index (χ2v) is 4.77. The van der Waals surface area contributed by atoms with Crippen LogP contribution in [0.25, 0.3) is 11.0 Å². The van der Waals surface area contributed by atoms with E-state index in [1.807, 2.05) is 29.7 Å². The maximum absolute atomic E-state index is 11.0. The molecule has 5 nitrogen and oxygen atoms in total. The Bertz CT molecular complexity index is 610. The zero-order valence-corrected chi connectivity index (χ0v) is 12.2. The Morgan fingerprint density at radius 2 is 2.30 bits per heavy atom. The van der Waals surface area contributed by atoms with Crippen molar-refractivity contribution in [3.8, 4) is 5.75 Å². The number of hydrogen-bond acceptors (Lipinski definition) is 3. The minimum absolute atomic E-state index is 0.277. The Labute approximate surface area is 122 Å². The SMILES string of the molecule is CCOc1cccc2c1nc(CCCl)n2CCC(N)=O. The molecule has 0 atom stereocenters. The van der Waals surface area contributed by atoms with Crippen molar-refractivity contribution in [1.82, 2.24) is 9.55 Å².